The molecule has 138 valence electrons. The largest absolute Gasteiger partial charge is 0.293 e. The van der Waals surface area contributed by atoms with Gasteiger partial charge in [0.1, 0.15) is 0 Å². The second-order valence-electron chi connectivity index (χ2n) is 6.47. The molecule has 0 amide bonds. The number of hydrogen-bond acceptors (Lipinski definition) is 4. The van der Waals surface area contributed by atoms with Crippen LogP contribution in [0.4, 0.5) is 0 Å². The summed E-state index contributed by atoms with van der Waals surface area (Å²) < 4.78 is 27.1. The number of nitrogens with zero attached hydrogens (tertiary/aromatic N) is 2. The van der Waals surface area contributed by atoms with Gasteiger partial charge in [0.05, 0.1) is 11.4 Å². The third-order valence-electron chi connectivity index (χ3n) is 4.76. The van der Waals surface area contributed by atoms with E-state index in [9.17, 15) is 13.2 Å². The quantitative estimate of drug-likeness (QED) is 0.731. The van der Waals surface area contributed by atoms with Gasteiger partial charge in [-0.15, -0.1) is 0 Å². The molecule has 6 heteroatoms. The molecule has 1 heterocycles. The first-order chi connectivity index (χ1) is 12.5. The van der Waals surface area contributed by atoms with Gasteiger partial charge in [-0.25, -0.2) is 8.42 Å². The van der Waals surface area contributed by atoms with Gasteiger partial charge >= 0.3 is 0 Å². The number of ketones is 1. The number of benzene rings is 2. The molecule has 0 aromatic heterocycles. The third kappa shape index (κ3) is 4.20. The number of hydrogen-bond donors (Lipinski definition) is 0. The molecule has 0 saturated carbocycles. The van der Waals surface area contributed by atoms with E-state index < -0.39 is 10.0 Å². The van der Waals surface area contributed by atoms with E-state index in [1.165, 1.54) is 4.31 Å². The van der Waals surface area contributed by atoms with Crippen LogP contribution in [0.3, 0.4) is 0 Å². The molecule has 0 spiro atoms. The van der Waals surface area contributed by atoms with Crippen LogP contribution in [0.25, 0.3) is 0 Å². The molecule has 1 saturated heterocycles. The van der Waals surface area contributed by atoms with E-state index in [-0.39, 0.29) is 5.78 Å². The molecule has 2 aromatic rings. The van der Waals surface area contributed by atoms with Crippen LogP contribution >= 0.6 is 0 Å². The lowest BCUT2D eigenvalue weighted by molar-refractivity contribution is 0.0901. The zero-order valence-electron chi connectivity index (χ0n) is 15.0. The molecule has 0 aliphatic carbocycles. The molecule has 0 unspecified atom stereocenters. The van der Waals surface area contributed by atoms with Crippen molar-refractivity contribution < 1.29 is 13.2 Å². The first-order valence-electron chi connectivity index (χ1n) is 8.90. The van der Waals surface area contributed by atoms with Crippen LogP contribution < -0.4 is 0 Å². The van der Waals surface area contributed by atoms with Crippen molar-refractivity contribution in [2.24, 2.45) is 0 Å². The van der Waals surface area contributed by atoms with Crippen molar-refractivity contribution in [3.8, 4) is 0 Å². The maximum absolute atomic E-state index is 12.8. The van der Waals surface area contributed by atoms with Gasteiger partial charge in [0.2, 0.25) is 10.0 Å². The minimum atomic E-state index is -3.47. The average molecular weight is 372 g/mol. The predicted octanol–water partition coefficient (Wildman–Crippen LogP) is 2.44. The van der Waals surface area contributed by atoms with E-state index in [2.05, 4.69) is 0 Å². The number of carbonyl (C=O) groups is 1. The summed E-state index contributed by atoms with van der Waals surface area (Å²) in [7, 11) is -3.47. The standard InChI is InChI=1S/C20H24N2O3S/c1-2-17-8-10-19(11-9-17)26(24,25)22-14-12-21(13-15-22)16-20(23)18-6-4-3-5-7-18/h3-11H,2,12-16H2,1H3. The van der Waals surface area contributed by atoms with Crippen molar-refractivity contribution in [3.05, 3.63) is 65.7 Å². The molecular formula is C20H24N2O3S. The molecule has 0 bridgehead atoms. The van der Waals surface area contributed by atoms with Gasteiger partial charge in [0.15, 0.2) is 5.78 Å². The average Bonchev–Trinajstić information content (AvgIpc) is 2.69. The van der Waals surface area contributed by atoms with E-state index in [1.807, 2.05) is 54.3 Å². The van der Waals surface area contributed by atoms with Crippen LogP contribution in [0.5, 0.6) is 0 Å². The van der Waals surface area contributed by atoms with Crippen LogP contribution in [0.2, 0.25) is 0 Å². The summed E-state index contributed by atoms with van der Waals surface area (Å²) in [4.78, 5) is 14.7. The van der Waals surface area contributed by atoms with E-state index in [0.29, 0.717) is 43.2 Å². The van der Waals surface area contributed by atoms with Crippen LogP contribution in [-0.4, -0.2) is 56.1 Å². The topological polar surface area (TPSA) is 57.7 Å². The lowest BCUT2D eigenvalue weighted by atomic mass is 10.1. The van der Waals surface area contributed by atoms with Crippen molar-refractivity contribution in [3.63, 3.8) is 0 Å². The summed E-state index contributed by atoms with van der Waals surface area (Å²) in [5, 5.41) is 0. The van der Waals surface area contributed by atoms with Gasteiger partial charge < -0.3 is 0 Å². The van der Waals surface area contributed by atoms with E-state index in [4.69, 9.17) is 0 Å². The molecule has 0 radical (unpaired) electrons. The fourth-order valence-corrected chi connectivity index (χ4v) is 4.51. The summed E-state index contributed by atoms with van der Waals surface area (Å²) in [6, 6.07) is 16.3. The smallest absolute Gasteiger partial charge is 0.243 e. The summed E-state index contributed by atoms with van der Waals surface area (Å²) in [6.07, 6.45) is 0.883. The fourth-order valence-electron chi connectivity index (χ4n) is 3.09. The lowest BCUT2D eigenvalue weighted by Gasteiger charge is -2.33. The Labute approximate surface area is 155 Å². The number of aryl methyl sites for hydroxylation is 1. The monoisotopic (exact) mass is 372 g/mol. The summed E-state index contributed by atoms with van der Waals surface area (Å²) in [5.41, 5.74) is 1.81. The number of rotatable bonds is 6. The second-order valence-corrected chi connectivity index (χ2v) is 8.40. The molecule has 2 aromatic carbocycles. The minimum absolute atomic E-state index is 0.0667. The highest BCUT2D eigenvalue weighted by Crippen LogP contribution is 2.18. The van der Waals surface area contributed by atoms with Gasteiger partial charge in [-0.3, -0.25) is 9.69 Å². The van der Waals surface area contributed by atoms with Gasteiger partial charge in [0.25, 0.3) is 0 Å². The number of piperazine rings is 1. The third-order valence-corrected chi connectivity index (χ3v) is 6.68. The Kier molecular flexibility index (Phi) is 5.86. The summed E-state index contributed by atoms with van der Waals surface area (Å²) >= 11 is 0. The van der Waals surface area contributed by atoms with Crippen molar-refractivity contribution in [1.82, 2.24) is 9.21 Å². The first-order valence-corrected chi connectivity index (χ1v) is 10.3. The van der Waals surface area contributed by atoms with Crippen LogP contribution in [0.15, 0.2) is 59.5 Å². The minimum Gasteiger partial charge on any atom is -0.293 e. The Morgan fingerprint density at radius 3 is 2.12 bits per heavy atom. The molecule has 1 fully saturated rings. The van der Waals surface area contributed by atoms with Crippen molar-refractivity contribution in [2.75, 3.05) is 32.7 Å². The Bertz CT molecular complexity index is 840. The van der Waals surface area contributed by atoms with Gasteiger partial charge in [-0.1, -0.05) is 49.4 Å². The van der Waals surface area contributed by atoms with E-state index in [0.717, 1.165) is 12.0 Å². The Morgan fingerprint density at radius 2 is 1.54 bits per heavy atom. The molecule has 0 atom stereocenters. The summed E-state index contributed by atoms with van der Waals surface area (Å²) in [6.45, 7) is 4.29. The zero-order valence-corrected chi connectivity index (χ0v) is 15.8. The van der Waals surface area contributed by atoms with Crippen molar-refractivity contribution in [2.45, 2.75) is 18.2 Å². The van der Waals surface area contributed by atoms with Gasteiger partial charge in [-0.2, -0.15) is 4.31 Å². The predicted molar refractivity (Wildman–Crippen MR) is 102 cm³/mol. The number of carbonyl (C=O) groups excluding carboxylic acids is 1. The van der Waals surface area contributed by atoms with Crippen LogP contribution in [0.1, 0.15) is 22.8 Å². The Balaban J connectivity index is 1.59. The molecule has 0 N–H and O–H groups in total. The molecule has 26 heavy (non-hydrogen) atoms. The maximum Gasteiger partial charge on any atom is 0.243 e. The van der Waals surface area contributed by atoms with Crippen LogP contribution in [0, 0.1) is 0 Å². The van der Waals surface area contributed by atoms with E-state index in [1.54, 1.807) is 12.1 Å². The summed E-state index contributed by atoms with van der Waals surface area (Å²) in [5.74, 6) is 0.0667. The highest BCUT2D eigenvalue weighted by atomic mass is 32.2. The molecule has 5 nitrogen and oxygen atoms in total. The van der Waals surface area contributed by atoms with Gasteiger partial charge in [-0.05, 0) is 24.1 Å². The highest BCUT2D eigenvalue weighted by Gasteiger charge is 2.29. The van der Waals surface area contributed by atoms with Crippen molar-refractivity contribution >= 4 is 15.8 Å². The van der Waals surface area contributed by atoms with Crippen molar-refractivity contribution in [1.29, 1.82) is 0 Å². The molecule has 1 aliphatic rings. The number of Topliss-reactive ketones (excluding diaryl/α,β-unsaturated/α-hetero) is 1. The van der Waals surface area contributed by atoms with E-state index >= 15 is 0 Å². The molecular weight excluding hydrogens is 348 g/mol. The molecule has 1 aliphatic heterocycles. The Morgan fingerprint density at radius 1 is 0.923 bits per heavy atom. The fraction of sp³-hybridized carbons (Fsp3) is 0.350. The van der Waals surface area contributed by atoms with Crippen LogP contribution in [-0.2, 0) is 16.4 Å². The Hall–Kier alpha value is -2.02. The highest BCUT2D eigenvalue weighted by molar-refractivity contribution is 7.89. The maximum atomic E-state index is 12.8. The SMILES string of the molecule is CCc1ccc(S(=O)(=O)N2CCN(CC(=O)c3ccccc3)CC2)cc1. The lowest BCUT2D eigenvalue weighted by Crippen LogP contribution is -2.49. The number of sulfonamides is 1. The van der Waals surface area contributed by atoms with Gasteiger partial charge in [0, 0.05) is 31.7 Å². The normalized spacial score (nSPS) is 16.5. The first kappa shape index (κ1) is 18.8. The second kappa shape index (κ2) is 8.12. The molecule has 3 rings (SSSR count). The zero-order chi connectivity index (χ0) is 18.6.